The second-order valence-electron chi connectivity index (χ2n) is 7.95. The van der Waals surface area contributed by atoms with Crippen LogP contribution in [-0.4, -0.2) is 42.0 Å². The zero-order valence-corrected chi connectivity index (χ0v) is 16.8. The van der Waals surface area contributed by atoms with E-state index in [0.717, 1.165) is 49.7 Å². The highest BCUT2D eigenvalue weighted by Gasteiger charge is 2.30. The van der Waals surface area contributed by atoms with Gasteiger partial charge < -0.3 is 9.80 Å². The minimum absolute atomic E-state index is 0.136. The van der Waals surface area contributed by atoms with Crippen molar-refractivity contribution in [3.8, 4) is 0 Å². The van der Waals surface area contributed by atoms with Crippen LogP contribution >= 0.6 is 11.3 Å². The summed E-state index contributed by atoms with van der Waals surface area (Å²) in [5.41, 5.74) is 3.66. The van der Waals surface area contributed by atoms with Crippen LogP contribution in [0.15, 0.2) is 12.1 Å². The molecule has 2 saturated heterocycles. The molecule has 0 bridgehead atoms. The van der Waals surface area contributed by atoms with Gasteiger partial charge in [0, 0.05) is 26.2 Å². The normalized spacial score (nSPS) is 21.8. The van der Waals surface area contributed by atoms with Gasteiger partial charge in [-0.2, -0.15) is 0 Å². The Morgan fingerprint density at radius 2 is 1.85 bits per heavy atom. The molecular weight excluding hydrogens is 342 g/mol. The van der Waals surface area contributed by atoms with E-state index in [1.54, 1.807) is 11.3 Å². The van der Waals surface area contributed by atoms with Crippen LogP contribution < -0.4 is 4.90 Å². The number of likely N-dealkylation sites (tertiary alicyclic amines) is 1. The lowest BCUT2D eigenvalue weighted by atomic mass is 9.96. The van der Waals surface area contributed by atoms with Crippen molar-refractivity contribution >= 4 is 32.6 Å². The zero-order chi connectivity index (χ0) is 18.1. The molecule has 4 nitrogen and oxygen atoms in total. The van der Waals surface area contributed by atoms with Crippen LogP contribution in [0.4, 0.5) is 5.13 Å². The van der Waals surface area contributed by atoms with E-state index in [0.29, 0.717) is 5.91 Å². The van der Waals surface area contributed by atoms with Gasteiger partial charge in [0.1, 0.15) is 0 Å². The largest absolute Gasteiger partial charge is 0.347 e. The summed E-state index contributed by atoms with van der Waals surface area (Å²) in [7, 11) is 0. The van der Waals surface area contributed by atoms with Crippen LogP contribution in [0, 0.1) is 19.8 Å². The Labute approximate surface area is 160 Å². The van der Waals surface area contributed by atoms with Crippen LogP contribution in [0.3, 0.4) is 0 Å². The Kier molecular flexibility index (Phi) is 5.16. The standard InChI is InChI=1S/C21H29N3OS/c1-15-12-16(2)19-18(13-15)26-21(22-19)24-11-7-8-17(14-24)20(25)23-9-5-3-4-6-10-23/h12-13,17H,3-11,14H2,1-2H3/t17-/m0/s1. The Balaban J connectivity index is 1.51. The molecule has 26 heavy (non-hydrogen) atoms. The fourth-order valence-corrected chi connectivity index (χ4v) is 5.57. The number of piperidine rings is 1. The molecule has 1 amide bonds. The van der Waals surface area contributed by atoms with Crippen molar-refractivity contribution in [1.29, 1.82) is 0 Å². The number of fused-ring (bicyclic) bond motifs is 1. The predicted molar refractivity (Wildman–Crippen MR) is 109 cm³/mol. The molecule has 2 aromatic rings. The van der Waals surface area contributed by atoms with Crippen molar-refractivity contribution in [2.45, 2.75) is 52.4 Å². The highest BCUT2D eigenvalue weighted by molar-refractivity contribution is 7.22. The molecule has 0 radical (unpaired) electrons. The molecule has 2 aliphatic heterocycles. The molecule has 2 fully saturated rings. The fraction of sp³-hybridized carbons (Fsp3) is 0.619. The second kappa shape index (κ2) is 7.55. The number of hydrogen-bond acceptors (Lipinski definition) is 4. The first-order valence-corrected chi connectivity index (χ1v) is 10.8. The number of benzene rings is 1. The minimum Gasteiger partial charge on any atom is -0.347 e. The molecule has 1 aromatic heterocycles. The molecule has 0 unspecified atom stereocenters. The van der Waals surface area contributed by atoms with E-state index in [9.17, 15) is 4.79 Å². The number of thiazole rings is 1. The van der Waals surface area contributed by atoms with Crippen LogP contribution in [-0.2, 0) is 4.79 Å². The van der Waals surface area contributed by atoms with Gasteiger partial charge in [0.05, 0.1) is 16.1 Å². The molecule has 0 spiro atoms. The van der Waals surface area contributed by atoms with Crippen molar-refractivity contribution in [2.24, 2.45) is 5.92 Å². The number of hydrogen-bond donors (Lipinski definition) is 0. The number of nitrogens with zero attached hydrogens (tertiary/aromatic N) is 3. The van der Waals surface area contributed by atoms with Gasteiger partial charge in [0.25, 0.3) is 0 Å². The highest BCUT2D eigenvalue weighted by Crippen LogP contribution is 2.34. The molecular formula is C21H29N3OS. The molecule has 3 heterocycles. The fourth-order valence-electron chi connectivity index (χ4n) is 4.40. The first-order valence-electron chi connectivity index (χ1n) is 10.0. The molecule has 4 rings (SSSR count). The number of amides is 1. The summed E-state index contributed by atoms with van der Waals surface area (Å²) < 4.78 is 1.26. The molecule has 0 N–H and O–H groups in total. The van der Waals surface area contributed by atoms with Gasteiger partial charge in [-0.25, -0.2) is 4.98 Å². The molecule has 1 aromatic carbocycles. The number of carbonyl (C=O) groups excluding carboxylic acids is 1. The summed E-state index contributed by atoms with van der Waals surface area (Å²) in [4.78, 5) is 22.4. The van der Waals surface area contributed by atoms with Crippen molar-refractivity contribution in [1.82, 2.24) is 9.88 Å². The highest BCUT2D eigenvalue weighted by atomic mass is 32.1. The molecule has 0 saturated carbocycles. The van der Waals surface area contributed by atoms with Crippen LogP contribution in [0.2, 0.25) is 0 Å². The first-order chi connectivity index (χ1) is 12.6. The number of anilines is 1. The van der Waals surface area contributed by atoms with Gasteiger partial charge in [-0.1, -0.05) is 30.2 Å². The Morgan fingerprint density at radius 1 is 1.08 bits per heavy atom. The third kappa shape index (κ3) is 3.59. The maximum atomic E-state index is 13.0. The lowest BCUT2D eigenvalue weighted by Crippen LogP contribution is -2.45. The monoisotopic (exact) mass is 371 g/mol. The summed E-state index contributed by atoms with van der Waals surface area (Å²) in [6, 6.07) is 4.43. The van der Waals surface area contributed by atoms with Crippen LogP contribution in [0.25, 0.3) is 10.2 Å². The smallest absolute Gasteiger partial charge is 0.227 e. The molecule has 1 atom stereocenters. The van der Waals surface area contributed by atoms with Crippen molar-refractivity contribution in [2.75, 3.05) is 31.1 Å². The van der Waals surface area contributed by atoms with Crippen molar-refractivity contribution < 1.29 is 4.79 Å². The summed E-state index contributed by atoms with van der Waals surface area (Å²) >= 11 is 1.77. The quantitative estimate of drug-likeness (QED) is 0.778. The minimum atomic E-state index is 0.136. The number of carbonyl (C=O) groups is 1. The summed E-state index contributed by atoms with van der Waals surface area (Å²) in [6.07, 6.45) is 6.97. The van der Waals surface area contributed by atoms with Gasteiger partial charge in [0.2, 0.25) is 5.91 Å². The van der Waals surface area contributed by atoms with Gasteiger partial charge in [-0.15, -0.1) is 0 Å². The van der Waals surface area contributed by atoms with Crippen molar-refractivity contribution in [3.05, 3.63) is 23.3 Å². The number of aromatic nitrogens is 1. The number of rotatable bonds is 2. The maximum absolute atomic E-state index is 13.0. The third-order valence-corrected chi connectivity index (χ3v) is 6.84. The van der Waals surface area contributed by atoms with E-state index >= 15 is 0 Å². The zero-order valence-electron chi connectivity index (χ0n) is 16.0. The Hall–Kier alpha value is -1.62. The van der Waals surface area contributed by atoms with Gasteiger partial charge in [-0.05, 0) is 56.7 Å². The Bertz CT molecular complexity index is 792. The first kappa shape index (κ1) is 17.8. The van der Waals surface area contributed by atoms with Gasteiger partial charge in [-0.3, -0.25) is 4.79 Å². The third-order valence-electron chi connectivity index (χ3n) is 5.78. The summed E-state index contributed by atoms with van der Waals surface area (Å²) in [6.45, 7) is 8.03. The summed E-state index contributed by atoms with van der Waals surface area (Å²) in [5, 5.41) is 1.09. The Morgan fingerprint density at radius 3 is 2.62 bits per heavy atom. The second-order valence-corrected chi connectivity index (χ2v) is 8.96. The average molecular weight is 372 g/mol. The molecule has 5 heteroatoms. The predicted octanol–water partition coefficient (Wildman–Crippen LogP) is 4.53. The lowest BCUT2D eigenvalue weighted by Gasteiger charge is -2.34. The molecule has 2 aliphatic rings. The van der Waals surface area contributed by atoms with Crippen molar-refractivity contribution in [3.63, 3.8) is 0 Å². The van der Waals surface area contributed by atoms with Gasteiger partial charge >= 0.3 is 0 Å². The maximum Gasteiger partial charge on any atom is 0.227 e. The summed E-state index contributed by atoms with van der Waals surface area (Å²) in [5.74, 6) is 0.515. The van der Waals surface area contributed by atoms with Crippen LogP contribution in [0.5, 0.6) is 0 Å². The molecule has 140 valence electrons. The van der Waals surface area contributed by atoms with Gasteiger partial charge in [0.15, 0.2) is 5.13 Å². The van der Waals surface area contributed by atoms with E-state index in [4.69, 9.17) is 4.98 Å². The van der Waals surface area contributed by atoms with E-state index in [2.05, 4.69) is 35.8 Å². The average Bonchev–Trinajstić information content (AvgIpc) is 2.88. The molecule has 0 aliphatic carbocycles. The number of aryl methyl sites for hydroxylation is 2. The van der Waals surface area contributed by atoms with E-state index < -0.39 is 0 Å². The van der Waals surface area contributed by atoms with E-state index in [1.807, 2.05) is 0 Å². The van der Waals surface area contributed by atoms with Crippen LogP contribution in [0.1, 0.15) is 49.7 Å². The lowest BCUT2D eigenvalue weighted by molar-refractivity contribution is -0.135. The SMILES string of the molecule is Cc1cc(C)c2nc(N3CCC[C@H](C(=O)N4CCCCCC4)C3)sc2c1. The van der Waals surface area contributed by atoms with E-state index in [1.165, 1.54) is 41.5 Å². The van der Waals surface area contributed by atoms with E-state index in [-0.39, 0.29) is 5.92 Å². The topological polar surface area (TPSA) is 36.4 Å².